The number of H-pyrrole nitrogens is 1. The highest BCUT2D eigenvalue weighted by Crippen LogP contribution is 2.23. The molecule has 0 atom stereocenters. The van der Waals surface area contributed by atoms with Crippen molar-refractivity contribution < 1.29 is 27.5 Å². The molecule has 4 rings (SSSR count). The second kappa shape index (κ2) is 10.0. The molecule has 0 radical (unpaired) electrons. The van der Waals surface area contributed by atoms with Crippen LogP contribution in [0, 0.1) is 30.2 Å². The molecule has 0 fully saturated rings. The quantitative estimate of drug-likeness (QED) is 0.270. The number of aromatic amines is 1. The van der Waals surface area contributed by atoms with Crippen LogP contribution in [0.5, 0.6) is 5.75 Å². The monoisotopic (exact) mass is 497 g/mol. The number of carbonyl (C=O) groups excluding carboxylic acids is 1. The van der Waals surface area contributed by atoms with Gasteiger partial charge in [0.25, 0.3) is 11.5 Å². The summed E-state index contributed by atoms with van der Waals surface area (Å²) in [6.07, 6.45) is -0.280. The third-order valence-corrected chi connectivity index (χ3v) is 5.61. The maximum absolute atomic E-state index is 14.2. The third-order valence-electron chi connectivity index (χ3n) is 5.61. The second-order valence-electron chi connectivity index (χ2n) is 8.03. The minimum Gasteiger partial charge on any atom is -0.501 e. The van der Waals surface area contributed by atoms with Gasteiger partial charge in [0, 0.05) is 18.5 Å². The largest absolute Gasteiger partial charge is 0.501 e. The number of benzene rings is 3. The predicted molar refractivity (Wildman–Crippen MR) is 123 cm³/mol. The molecule has 0 aliphatic carbocycles. The van der Waals surface area contributed by atoms with Crippen LogP contribution in [0.25, 0.3) is 11.4 Å². The van der Waals surface area contributed by atoms with Crippen molar-refractivity contribution in [1.29, 1.82) is 0 Å². The van der Waals surface area contributed by atoms with E-state index in [2.05, 4.69) is 15.3 Å². The molecule has 0 aliphatic rings. The fraction of sp³-hybridized carbons (Fsp3) is 0.115. The number of nitrogens with one attached hydrogen (secondary N) is 2. The van der Waals surface area contributed by atoms with E-state index in [1.165, 1.54) is 6.07 Å². The second-order valence-corrected chi connectivity index (χ2v) is 8.03. The van der Waals surface area contributed by atoms with Gasteiger partial charge in [0.1, 0.15) is 11.6 Å². The summed E-state index contributed by atoms with van der Waals surface area (Å²) in [4.78, 5) is 31.6. The highest BCUT2D eigenvalue weighted by molar-refractivity contribution is 5.95. The average molecular weight is 497 g/mol. The van der Waals surface area contributed by atoms with E-state index in [0.29, 0.717) is 11.1 Å². The van der Waals surface area contributed by atoms with Gasteiger partial charge in [0.15, 0.2) is 23.1 Å². The minimum absolute atomic E-state index is 0.0809. The van der Waals surface area contributed by atoms with Crippen LogP contribution in [-0.2, 0) is 13.0 Å². The summed E-state index contributed by atoms with van der Waals surface area (Å²) in [5, 5.41) is 12.6. The summed E-state index contributed by atoms with van der Waals surface area (Å²) < 4.78 is 54.9. The Hall–Kier alpha value is -4.47. The lowest BCUT2D eigenvalue weighted by molar-refractivity contribution is 0.0942. The lowest BCUT2D eigenvalue weighted by atomic mass is 9.98. The molecule has 0 saturated carbocycles. The molecular formula is C26H19F4N3O3. The number of nitrogens with zero attached hydrogens (tertiary/aromatic N) is 1. The van der Waals surface area contributed by atoms with E-state index in [4.69, 9.17) is 0 Å². The van der Waals surface area contributed by atoms with Crippen LogP contribution in [0.15, 0.2) is 59.4 Å². The summed E-state index contributed by atoms with van der Waals surface area (Å²) in [6, 6.07) is 12.3. The molecule has 3 aromatic carbocycles. The molecule has 0 bridgehead atoms. The number of hydrogen-bond acceptors (Lipinski definition) is 4. The highest BCUT2D eigenvalue weighted by Gasteiger charge is 2.20. The Bertz CT molecular complexity index is 1540. The van der Waals surface area contributed by atoms with Crippen LogP contribution in [0.2, 0.25) is 0 Å². The Kier molecular flexibility index (Phi) is 6.86. The van der Waals surface area contributed by atoms with Crippen molar-refractivity contribution in [3.8, 4) is 17.1 Å². The van der Waals surface area contributed by atoms with Gasteiger partial charge in [-0.1, -0.05) is 36.4 Å². The lowest BCUT2D eigenvalue weighted by Gasteiger charge is -2.13. The number of amides is 1. The SMILES string of the molecule is Cc1ccccc1-c1nc(C(=O)NCc2ccc(F)cc2Cc2ccc(F)c(F)c2F)c(O)c(=O)[nH]1. The number of aryl methyl sites for hydroxylation is 1. The first kappa shape index (κ1) is 24.6. The minimum atomic E-state index is -1.64. The molecule has 3 N–H and O–H groups in total. The summed E-state index contributed by atoms with van der Waals surface area (Å²) in [5.41, 5.74) is 0.248. The third kappa shape index (κ3) is 4.97. The number of hydrogen-bond donors (Lipinski definition) is 3. The van der Waals surface area contributed by atoms with Gasteiger partial charge >= 0.3 is 0 Å². The van der Waals surface area contributed by atoms with Crippen molar-refractivity contribution in [2.24, 2.45) is 0 Å². The van der Waals surface area contributed by atoms with E-state index in [-0.39, 0.29) is 29.9 Å². The molecule has 0 aliphatic heterocycles. The first-order chi connectivity index (χ1) is 17.2. The van der Waals surface area contributed by atoms with Gasteiger partial charge in [-0.25, -0.2) is 22.5 Å². The molecule has 6 nitrogen and oxygen atoms in total. The van der Waals surface area contributed by atoms with Crippen molar-refractivity contribution in [1.82, 2.24) is 15.3 Å². The van der Waals surface area contributed by atoms with E-state index in [1.54, 1.807) is 31.2 Å². The van der Waals surface area contributed by atoms with Crippen LogP contribution in [-0.4, -0.2) is 21.0 Å². The number of halogens is 4. The van der Waals surface area contributed by atoms with Crippen LogP contribution >= 0.6 is 0 Å². The van der Waals surface area contributed by atoms with Gasteiger partial charge < -0.3 is 15.4 Å². The Balaban J connectivity index is 1.61. The van der Waals surface area contributed by atoms with Gasteiger partial charge in [-0.2, -0.15) is 0 Å². The number of aromatic hydroxyl groups is 1. The maximum Gasteiger partial charge on any atom is 0.294 e. The van der Waals surface area contributed by atoms with Gasteiger partial charge in [-0.05, 0) is 47.4 Å². The smallest absolute Gasteiger partial charge is 0.294 e. The van der Waals surface area contributed by atoms with Crippen LogP contribution in [0.4, 0.5) is 17.6 Å². The molecule has 0 unspecified atom stereocenters. The summed E-state index contributed by atoms with van der Waals surface area (Å²) in [6.45, 7) is 1.57. The van der Waals surface area contributed by atoms with E-state index >= 15 is 0 Å². The summed E-state index contributed by atoms with van der Waals surface area (Å²) in [7, 11) is 0. The molecular weight excluding hydrogens is 478 g/mol. The Morgan fingerprint density at radius 1 is 0.972 bits per heavy atom. The lowest BCUT2D eigenvalue weighted by Crippen LogP contribution is -2.27. The van der Waals surface area contributed by atoms with Crippen molar-refractivity contribution in [3.05, 3.63) is 116 Å². The van der Waals surface area contributed by atoms with Gasteiger partial charge in [0.2, 0.25) is 5.75 Å². The van der Waals surface area contributed by atoms with Crippen LogP contribution in [0.3, 0.4) is 0 Å². The van der Waals surface area contributed by atoms with E-state index < -0.39 is 46.2 Å². The molecule has 0 saturated heterocycles. The number of carbonyl (C=O) groups is 1. The maximum atomic E-state index is 14.2. The fourth-order valence-electron chi connectivity index (χ4n) is 3.69. The van der Waals surface area contributed by atoms with Crippen LogP contribution < -0.4 is 10.9 Å². The molecule has 1 heterocycles. The van der Waals surface area contributed by atoms with E-state index in [0.717, 1.165) is 29.8 Å². The Morgan fingerprint density at radius 3 is 2.44 bits per heavy atom. The number of aromatic nitrogens is 2. The summed E-state index contributed by atoms with van der Waals surface area (Å²) >= 11 is 0. The van der Waals surface area contributed by atoms with Gasteiger partial charge in [-0.3, -0.25) is 9.59 Å². The molecule has 0 spiro atoms. The topological polar surface area (TPSA) is 95.1 Å². The normalized spacial score (nSPS) is 10.9. The van der Waals surface area contributed by atoms with Crippen LogP contribution in [0.1, 0.15) is 32.7 Å². The molecule has 10 heteroatoms. The van der Waals surface area contributed by atoms with E-state index in [1.807, 2.05) is 0 Å². The zero-order valence-corrected chi connectivity index (χ0v) is 18.8. The molecule has 4 aromatic rings. The standard InChI is InChI=1S/C26H19F4N3O3/c1-13-4-2-3-5-18(13)24-32-22(23(34)26(36)33-24)25(35)31-12-15-6-8-17(27)11-16(15)10-14-7-9-19(28)21(30)20(14)29/h2-9,11,34H,10,12H2,1H3,(H,31,35)(H,32,33,36). The molecule has 36 heavy (non-hydrogen) atoms. The molecule has 1 amide bonds. The first-order valence-corrected chi connectivity index (χ1v) is 10.7. The fourth-order valence-corrected chi connectivity index (χ4v) is 3.69. The molecule has 1 aromatic heterocycles. The van der Waals surface area contributed by atoms with Crippen molar-refractivity contribution in [2.45, 2.75) is 19.9 Å². The molecule has 184 valence electrons. The Labute approximate surface area is 202 Å². The predicted octanol–water partition coefficient (Wildman–Crippen LogP) is 4.53. The first-order valence-electron chi connectivity index (χ1n) is 10.7. The van der Waals surface area contributed by atoms with Crippen molar-refractivity contribution >= 4 is 5.91 Å². The zero-order chi connectivity index (χ0) is 26.0. The Morgan fingerprint density at radius 2 is 1.69 bits per heavy atom. The van der Waals surface area contributed by atoms with Crippen molar-refractivity contribution in [2.75, 3.05) is 0 Å². The average Bonchev–Trinajstić information content (AvgIpc) is 2.85. The highest BCUT2D eigenvalue weighted by atomic mass is 19.2. The van der Waals surface area contributed by atoms with E-state index in [9.17, 15) is 32.3 Å². The van der Waals surface area contributed by atoms with Crippen molar-refractivity contribution in [3.63, 3.8) is 0 Å². The zero-order valence-electron chi connectivity index (χ0n) is 18.8. The van der Waals surface area contributed by atoms with Gasteiger partial charge in [-0.15, -0.1) is 0 Å². The van der Waals surface area contributed by atoms with Gasteiger partial charge in [0.05, 0.1) is 0 Å². The number of rotatable bonds is 6. The summed E-state index contributed by atoms with van der Waals surface area (Å²) in [5.74, 6) is -6.72.